The molecule has 3 aliphatic rings. The van der Waals surface area contributed by atoms with Gasteiger partial charge in [0, 0.05) is 5.41 Å². The van der Waals surface area contributed by atoms with E-state index in [4.69, 9.17) is 16.3 Å². The molecule has 5 atom stereocenters. The van der Waals surface area contributed by atoms with Crippen molar-refractivity contribution in [2.24, 2.45) is 28.1 Å². The molecule has 1 aromatic carbocycles. The molecule has 0 aliphatic heterocycles. The molecule has 2 saturated carbocycles. The van der Waals surface area contributed by atoms with Crippen LogP contribution in [0.1, 0.15) is 66.2 Å². The number of rotatable bonds is 3. The Kier molecular flexibility index (Phi) is 6.63. The lowest BCUT2D eigenvalue weighted by molar-refractivity contribution is -0.103. The van der Waals surface area contributed by atoms with Crippen LogP contribution in [0.5, 0.6) is 0 Å². The zero-order valence-corrected chi connectivity index (χ0v) is 21.5. The van der Waals surface area contributed by atoms with E-state index in [-0.39, 0.29) is 22.3 Å². The number of allylic oxidation sites excluding steroid dienone is 3. The van der Waals surface area contributed by atoms with Crippen molar-refractivity contribution < 1.29 is 14.3 Å². The first-order valence-electron chi connectivity index (χ1n) is 12.4. The summed E-state index contributed by atoms with van der Waals surface area (Å²) < 4.78 is 5.85. The van der Waals surface area contributed by atoms with Crippen molar-refractivity contribution in [2.75, 3.05) is 5.32 Å². The number of benzene rings is 1. The zero-order valence-electron chi connectivity index (χ0n) is 20.7. The Morgan fingerprint density at radius 1 is 1.15 bits per heavy atom. The maximum absolute atomic E-state index is 12.6. The Labute approximate surface area is 208 Å². The second kappa shape index (κ2) is 9.07. The summed E-state index contributed by atoms with van der Waals surface area (Å²) in [6.45, 7) is 13.3. The minimum absolute atomic E-state index is 0.118. The van der Waals surface area contributed by atoms with Gasteiger partial charge in [0.05, 0.1) is 10.7 Å². The number of amides is 3. The second-order valence-corrected chi connectivity index (χ2v) is 11.9. The molecule has 0 aromatic heterocycles. The van der Waals surface area contributed by atoms with Gasteiger partial charge in [-0.25, -0.2) is 14.9 Å². The van der Waals surface area contributed by atoms with E-state index in [2.05, 4.69) is 57.1 Å². The Morgan fingerprint density at radius 3 is 2.59 bits per heavy atom. The van der Waals surface area contributed by atoms with Crippen molar-refractivity contribution >= 4 is 29.4 Å². The molecule has 0 unspecified atom stereocenters. The lowest BCUT2D eigenvalue weighted by Gasteiger charge is -2.60. The van der Waals surface area contributed by atoms with Crippen LogP contribution in [0.15, 0.2) is 48.6 Å². The lowest BCUT2D eigenvalue weighted by atomic mass is 9.46. The third-order valence-electron chi connectivity index (χ3n) is 8.91. The normalized spacial score (nSPS) is 34.0. The molecule has 2 N–H and O–H groups in total. The summed E-state index contributed by atoms with van der Waals surface area (Å²) >= 11 is 6.08. The fraction of sp³-hybridized carbons (Fsp3) is 0.571. The number of urea groups is 1. The van der Waals surface area contributed by atoms with Gasteiger partial charge in [-0.15, -0.1) is 6.58 Å². The number of para-hydroxylation sites is 1. The summed E-state index contributed by atoms with van der Waals surface area (Å²) in [6, 6.07) is 6.22. The molecule has 2 fully saturated rings. The molecular formula is C28H37ClN2O3. The molecule has 0 bridgehead atoms. The fourth-order valence-electron chi connectivity index (χ4n) is 6.99. The number of alkyl carbamates (subject to hydrolysis) is 1. The zero-order chi connectivity index (χ0) is 24.7. The molecular weight excluding hydrogens is 448 g/mol. The minimum Gasteiger partial charge on any atom is -0.445 e. The number of hydrogen-bond acceptors (Lipinski definition) is 3. The number of fused-ring (bicyclic) bond motifs is 3. The lowest BCUT2D eigenvalue weighted by Crippen LogP contribution is -2.55. The first-order valence-corrected chi connectivity index (χ1v) is 12.7. The van der Waals surface area contributed by atoms with Gasteiger partial charge >= 0.3 is 12.1 Å². The van der Waals surface area contributed by atoms with Crippen molar-refractivity contribution in [1.82, 2.24) is 5.32 Å². The van der Waals surface area contributed by atoms with E-state index >= 15 is 0 Å². The summed E-state index contributed by atoms with van der Waals surface area (Å²) in [5.41, 5.74) is 2.16. The van der Waals surface area contributed by atoms with E-state index in [1.165, 1.54) is 6.42 Å². The monoisotopic (exact) mass is 484 g/mol. The molecule has 34 heavy (non-hydrogen) atoms. The van der Waals surface area contributed by atoms with Crippen LogP contribution >= 0.6 is 11.6 Å². The van der Waals surface area contributed by atoms with Crippen molar-refractivity contribution in [3.05, 3.63) is 53.6 Å². The van der Waals surface area contributed by atoms with Crippen molar-refractivity contribution in [3.8, 4) is 0 Å². The van der Waals surface area contributed by atoms with Gasteiger partial charge in [-0.1, -0.05) is 69.2 Å². The SMILES string of the molecule is C=C[C@@]1(C)CC=C2[C@@H](CC[C@H]3C(C)(C)[C@H](OC(=O)NC(=O)Nc4ccccc4Cl)CC[C@@]23C)C1. The summed E-state index contributed by atoms with van der Waals surface area (Å²) in [4.78, 5) is 24.9. The van der Waals surface area contributed by atoms with E-state index in [1.807, 2.05) is 0 Å². The standard InChI is InChI=1S/C28H37ClN2O3/c1-6-27(4)15-13-19-18(17-27)11-12-22-26(2,3)23(14-16-28(19,22)5)34-25(33)31-24(32)30-21-10-8-7-9-20(21)29/h6-10,13,18,22-23H,1,11-12,14-17H2,2-5H3,(H2,30,31,32,33)/t18-,22-,23+,27-,28-/m0/s1. The van der Waals surface area contributed by atoms with E-state index in [9.17, 15) is 9.59 Å². The summed E-state index contributed by atoms with van der Waals surface area (Å²) in [7, 11) is 0. The smallest absolute Gasteiger partial charge is 0.415 e. The predicted molar refractivity (Wildman–Crippen MR) is 137 cm³/mol. The molecule has 6 heteroatoms. The summed E-state index contributed by atoms with van der Waals surface area (Å²) in [6.07, 6.45) is 9.92. The number of nitrogens with one attached hydrogen (secondary N) is 2. The van der Waals surface area contributed by atoms with Crippen LogP contribution in [0.4, 0.5) is 15.3 Å². The highest BCUT2D eigenvalue weighted by atomic mass is 35.5. The quantitative estimate of drug-likeness (QED) is 0.431. The van der Waals surface area contributed by atoms with Gasteiger partial charge in [0.1, 0.15) is 6.10 Å². The van der Waals surface area contributed by atoms with E-state index < -0.39 is 12.1 Å². The van der Waals surface area contributed by atoms with Crippen LogP contribution in [-0.4, -0.2) is 18.2 Å². The minimum atomic E-state index is -0.724. The van der Waals surface area contributed by atoms with Gasteiger partial charge < -0.3 is 10.1 Å². The Bertz CT molecular complexity index is 1020. The average molecular weight is 485 g/mol. The van der Waals surface area contributed by atoms with Crippen LogP contribution in [0.2, 0.25) is 5.02 Å². The molecule has 0 spiro atoms. The van der Waals surface area contributed by atoms with Crippen molar-refractivity contribution in [2.45, 2.75) is 72.3 Å². The van der Waals surface area contributed by atoms with Gasteiger partial charge in [-0.3, -0.25) is 0 Å². The molecule has 3 amide bonds. The van der Waals surface area contributed by atoms with Crippen LogP contribution in [0.3, 0.4) is 0 Å². The van der Waals surface area contributed by atoms with E-state index in [0.717, 1.165) is 32.1 Å². The van der Waals surface area contributed by atoms with Gasteiger partial charge in [-0.05, 0) is 73.3 Å². The molecule has 4 rings (SSSR count). The molecule has 3 aliphatic carbocycles. The number of halogens is 1. The predicted octanol–water partition coefficient (Wildman–Crippen LogP) is 7.73. The third kappa shape index (κ3) is 4.51. The molecule has 0 radical (unpaired) electrons. The van der Waals surface area contributed by atoms with Gasteiger partial charge in [0.2, 0.25) is 0 Å². The average Bonchev–Trinajstić information content (AvgIpc) is 2.77. The number of imide groups is 1. The second-order valence-electron chi connectivity index (χ2n) is 11.5. The summed E-state index contributed by atoms with van der Waals surface area (Å²) in [5, 5.41) is 5.29. The fourth-order valence-corrected chi connectivity index (χ4v) is 7.18. The van der Waals surface area contributed by atoms with Crippen molar-refractivity contribution in [1.29, 1.82) is 0 Å². The maximum atomic E-state index is 12.6. The highest BCUT2D eigenvalue weighted by molar-refractivity contribution is 6.33. The Balaban J connectivity index is 1.43. The number of ether oxygens (including phenoxy) is 1. The number of carbonyl (C=O) groups is 2. The highest BCUT2D eigenvalue weighted by Crippen LogP contribution is 2.64. The third-order valence-corrected chi connectivity index (χ3v) is 9.24. The van der Waals surface area contributed by atoms with Crippen molar-refractivity contribution in [3.63, 3.8) is 0 Å². The first kappa shape index (κ1) is 24.8. The Hall–Kier alpha value is -2.27. The van der Waals surface area contributed by atoms with Crippen LogP contribution in [-0.2, 0) is 4.74 Å². The highest BCUT2D eigenvalue weighted by Gasteiger charge is 2.57. The molecule has 184 valence electrons. The number of anilines is 1. The van der Waals surface area contributed by atoms with Crippen LogP contribution < -0.4 is 10.6 Å². The first-order chi connectivity index (χ1) is 16.0. The van der Waals surface area contributed by atoms with Crippen LogP contribution in [0, 0.1) is 28.1 Å². The van der Waals surface area contributed by atoms with Gasteiger partial charge in [0.15, 0.2) is 0 Å². The molecule has 1 aromatic rings. The Morgan fingerprint density at radius 2 is 1.88 bits per heavy atom. The van der Waals surface area contributed by atoms with E-state index in [0.29, 0.717) is 22.5 Å². The molecule has 0 heterocycles. The largest absolute Gasteiger partial charge is 0.445 e. The molecule has 0 saturated heterocycles. The number of hydrogen-bond donors (Lipinski definition) is 2. The van der Waals surface area contributed by atoms with Gasteiger partial charge in [0.25, 0.3) is 0 Å². The topological polar surface area (TPSA) is 67.4 Å². The van der Waals surface area contributed by atoms with Crippen LogP contribution in [0.25, 0.3) is 0 Å². The van der Waals surface area contributed by atoms with Gasteiger partial charge in [-0.2, -0.15) is 0 Å². The molecule has 5 nitrogen and oxygen atoms in total. The number of carbonyl (C=O) groups excluding carboxylic acids is 2. The van der Waals surface area contributed by atoms with E-state index in [1.54, 1.807) is 29.8 Å². The maximum Gasteiger partial charge on any atom is 0.415 e. The summed E-state index contributed by atoms with van der Waals surface area (Å²) in [5.74, 6) is 1.03.